The van der Waals surface area contributed by atoms with Crippen LogP contribution in [0.3, 0.4) is 0 Å². The number of ether oxygens (including phenoxy) is 1. The van der Waals surface area contributed by atoms with E-state index in [9.17, 15) is 4.79 Å². The lowest BCUT2D eigenvalue weighted by Gasteiger charge is -2.14. The van der Waals surface area contributed by atoms with Gasteiger partial charge in [0.15, 0.2) is 5.16 Å². The zero-order valence-electron chi connectivity index (χ0n) is 16.1. The van der Waals surface area contributed by atoms with Gasteiger partial charge in [-0.15, -0.1) is 0 Å². The molecule has 144 valence electrons. The van der Waals surface area contributed by atoms with Crippen LogP contribution in [-0.4, -0.2) is 22.3 Å². The van der Waals surface area contributed by atoms with Crippen LogP contribution in [0.1, 0.15) is 31.4 Å². The first kappa shape index (κ1) is 20.1. The molecule has 0 radical (unpaired) electrons. The van der Waals surface area contributed by atoms with E-state index in [2.05, 4.69) is 6.07 Å². The highest BCUT2D eigenvalue weighted by atomic mass is 32.2. The van der Waals surface area contributed by atoms with Crippen LogP contribution >= 0.6 is 11.8 Å². The van der Waals surface area contributed by atoms with Crippen LogP contribution in [0.15, 0.2) is 58.5 Å². The van der Waals surface area contributed by atoms with E-state index in [-0.39, 0.29) is 11.7 Å². The van der Waals surface area contributed by atoms with E-state index in [0.29, 0.717) is 40.5 Å². The quantitative estimate of drug-likeness (QED) is 0.323. The molecule has 0 spiro atoms. The molecule has 0 amide bonds. The van der Waals surface area contributed by atoms with Crippen molar-refractivity contribution < 1.29 is 4.74 Å². The second kappa shape index (κ2) is 9.54. The lowest BCUT2D eigenvalue weighted by molar-refractivity contribution is 0.0743. The third kappa shape index (κ3) is 5.00. The highest BCUT2D eigenvalue weighted by Gasteiger charge is 2.12. The lowest BCUT2D eigenvalue weighted by atomic mass is 10.2. The van der Waals surface area contributed by atoms with Gasteiger partial charge in [-0.3, -0.25) is 9.36 Å². The summed E-state index contributed by atoms with van der Waals surface area (Å²) in [6.07, 6.45) is 0.919. The fourth-order valence-electron chi connectivity index (χ4n) is 2.88. The molecule has 1 heterocycles. The molecule has 0 fully saturated rings. The number of nitriles is 1. The molecular formula is C22H23N3O2S. The summed E-state index contributed by atoms with van der Waals surface area (Å²) in [6.45, 7) is 5.16. The topological polar surface area (TPSA) is 67.9 Å². The molecule has 0 aliphatic heterocycles. The molecule has 0 aliphatic rings. The van der Waals surface area contributed by atoms with Gasteiger partial charge in [-0.25, -0.2) is 4.98 Å². The summed E-state index contributed by atoms with van der Waals surface area (Å²) < 4.78 is 7.35. The maximum Gasteiger partial charge on any atom is 0.262 e. The molecule has 0 unspecified atom stereocenters. The van der Waals surface area contributed by atoms with Gasteiger partial charge >= 0.3 is 0 Å². The lowest BCUT2D eigenvalue weighted by Crippen LogP contribution is -2.24. The van der Waals surface area contributed by atoms with Crippen LogP contribution in [0.5, 0.6) is 0 Å². The maximum absolute atomic E-state index is 13.0. The van der Waals surface area contributed by atoms with E-state index in [0.717, 1.165) is 12.0 Å². The Bertz CT molecular complexity index is 1050. The van der Waals surface area contributed by atoms with Crippen LogP contribution in [-0.2, 0) is 17.0 Å². The molecule has 2 aromatic carbocycles. The van der Waals surface area contributed by atoms with Gasteiger partial charge in [0.1, 0.15) is 0 Å². The van der Waals surface area contributed by atoms with E-state index in [4.69, 9.17) is 15.0 Å². The van der Waals surface area contributed by atoms with Crippen molar-refractivity contribution in [1.82, 2.24) is 9.55 Å². The van der Waals surface area contributed by atoms with E-state index < -0.39 is 0 Å². The number of nitrogens with zero attached hydrogens (tertiary/aromatic N) is 3. The van der Waals surface area contributed by atoms with Gasteiger partial charge in [-0.1, -0.05) is 36.0 Å². The van der Waals surface area contributed by atoms with Crippen molar-refractivity contribution in [1.29, 1.82) is 5.26 Å². The average molecular weight is 394 g/mol. The van der Waals surface area contributed by atoms with Crippen molar-refractivity contribution in [2.24, 2.45) is 0 Å². The van der Waals surface area contributed by atoms with Crippen molar-refractivity contribution in [2.75, 3.05) is 6.61 Å². The first-order valence-corrected chi connectivity index (χ1v) is 10.3. The number of thioether (sulfide) groups is 1. The Kier molecular flexibility index (Phi) is 6.85. The van der Waals surface area contributed by atoms with E-state index in [1.807, 2.05) is 56.3 Å². The molecular weight excluding hydrogens is 370 g/mol. The minimum absolute atomic E-state index is 0.0246. The first-order valence-electron chi connectivity index (χ1n) is 9.31. The van der Waals surface area contributed by atoms with Gasteiger partial charge in [0.05, 0.1) is 28.6 Å². The highest BCUT2D eigenvalue weighted by Crippen LogP contribution is 2.23. The second-order valence-corrected chi connectivity index (χ2v) is 7.68. The number of benzene rings is 2. The summed E-state index contributed by atoms with van der Waals surface area (Å²) in [5, 5.41) is 10.4. The van der Waals surface area contributed by atoms with Gasteiger partial charge in [0.2, 0.25) is 0 Å². The predicted octanol–water partition coefficient (Wildman–Crippen LogP) is 4.38. The van der Waals surface area contributed by atoms with Crippen LogP contribution in [0.4, 0.5) is 0 Å². The standard InChI is InChI=1S/C22H23N3O2S/c1-16(2)27-12-6-11-25-21(26)19-9-3-4-10-20(19)24-22(25)28-15-18-8-5-7-17(13-18)14-23/h3-5,7-10,13,16H,6,11-12,15H2,1-2H3. The number of fused-ring (bicyclic) bond motifs is 1. The zero-order chi connectivity index (χ0) is 19.9. The van der Waals surface area contributed by atoms with E-state index >= 15 is 0 Å². The molecule has 0 saturated heterocycles. The van der Waals surface area contributed by atoms with Gasteiger partial charge in [-0.05, 0) is 50.1 Å². The van der Waals surface area contributed by atoms with Crippen LogP contribution in [0, 0.1) is 11.3 Å². The largest absolute Gasteiger partial charge is 0.379 e. The number of hydrogen-bond acceptors (Lipinski definition) is 5. The predicted molar refractivity (Wildman–Crippen MR) is 112 cm³/mol. The molecule has 0 aliphatic carbocycles. The highest BCUT2D eigenvalue weighted by molar-refractivity contribution is 7.98. The number of aromatic nitrogens is 2. The monoisotopic (exact) mass is 393 g/mol. The van der Waals surface area contributed by atoms with E-state index in [1.165, 1.54) is 11.8 Å². The Hall–Kier alpha value is -2.62. The van der Waals surface area contributed by atoms with Gasteiger partial charge in [0.25, 0.3) is 5.56 Å². The summed E-state index contributed by atoms with van der Waals surface area (Å²) in [5.41, 5.74) is 2.34. The minimum atomic E-state index is -0.0246. The van der Waals surface area contributed by atoms with Gasteiger partial charge < -0.3 is 4.74 Å². The summed E-state index contributed by atoms with van der Waals surface area (Å²) in [6, 6.07) is 17.1. The van der Waals surface area contributed by atoms with Crippen molar-refractivity contribution in [3.63, 3.8) is 0 Å². The van der Waals surface area contributed by atoms with Crippen LogP contribution in [0.2, 0.25) is 0 Å². The van der Waals surface area contributed by atoms with Crippen LogP contribution < -0.4 is 5.56 Å². The number of hydrogen-bond donors (Lipinski definition) is 0. The maximum atomic E-state index is 13.0. The van der Waals surface area contributed by atoms with Crippen molar-refractivity contribution in [3.05, 3.63) is 70.0 Å². The Morgan fingerprint density at radius 2 is 2.04 bits per heavy atom. The summed E-state index contributed by atoms with van der Waals surface area (Å²) in [7, 11) is 0. The van der Waals surface area contributed by atoms with Gasteiger partial charge in [0, 0.05) is 18.9 Å². The molecule has 3 rings (SSSR count). The Balaban J connectivity index is 1.86. The fraction of sp³-hybridized carbons (Fsp3) is 0.318. The molecule has 3 aromatic rings. The normalized spacial score (nSPS) is 11.1. The van der Waals surface area contributed by atoms with Crippen molar-refractivity contribution >= 4 is 22.7 Å². The molecule has 0 saturated carbocycles. The van der Waals surface area contributed by atoms with Crippen molar-refractivity contribution in [3.8, 4) is 6.07 Å². The summed E-state index contributed by atoms with van der Waals surface area (Å²) >= 11 is 1.51. The van der Waals surface area contributed by atoms with Gasteiger partial charge in [-0.2, -0.15) is 5.26 Å². The smallest absolute Gasteiger partial charge is 0.262 e. The molecule has 28 heavy (non-hydrogen) atoms. The molecule has 0 N–H and O–H groups in total. The Morgan fingerprint density at radius 1 is 1.21 bits per heavy atom. The minimum Gasteiger partial charge on any atom is -0.379 e. The summed E-state index contributed by atoms with van der Waals surface area (Å²) in [4.78, 5) is 17.7. The zero-order valence-corrected chi connectivity index (χ0v) is 16.9. The summed E-state index contributed by atoms with van der Waals surface area (Å²) in [5.74, 6) is 0.642. The SMILES string of the molecule is CC(C)OCCCn1c(SCc2cccc(C#N)c2)nc2ccccc2c1=O. The number of para-hydroxylation sites is 1. The van der Waals surface area contributed by atoms with Crippen LogP contribution in [0.25, 0.3) is 10.9 Å². The second-order valence-electron chi connectivity index (χ2n) is 6.74. The third-order valence-corrected chi connectivity index (χ3v) is 5.28. The average Bonchev–Trinajstić information content (AvgIpc) is 2.71. The fourth-order valence-corrected chi connectivity index (χ4v) is 3.84. The van der Waals surface area contributed by atoms with Crippen molar-refractivity contribution in [2.45, 2.75) is 43.8 Å². The third-order valence-electron chi connectivity index (χ3n) is 4.23. The molecule has 6 heteroatoms. The molecule has 0 atom stereocenters. The molecule has 5 nitrogen and oxygen atoms in total. The molecule has 1 aromatic heterocycles. The Morgan fingerprint density at radius 3 is 2.82 bits per heavy atom. The first-order chi connectivity index (χ1) is 13.6. The Labute approximate surface area is 169 Å². The van der Waals surface area contributed by atoms with E-state index in [1.54, 1.807) is 10.6 Å². The molecule has 0 bridgehead atoms. The number of rotatable bonds is 8.